The lowest BCUT2D eigenvalue weighted by molar-refractivity contribution is -0.618. The van der Waals surface area contributed by atoms with Gasteiger partial charge in [0, 0.05) is 0 Å². The van der Waals surface area contributed by atoms with Gasteiger partial charge in [-0.05, 0) is 0 Å². The van der Waals surface area contributed by atoms with E-state index in [0.717, 1.165) is 0 Å². The van der Waals surface area contributed by atoms with Crippen LogP contribution in [0.5, 0.6) is 0 Å². The molecule has 2 nitrogen and oxygen atoms in total. The van der Waals surface area contributed by atoms with Gasteiger partial charge in [0.15, 0.2) is 0 Å². The molecular weight excluding hydrogens is 64.0 g/mol. The zero-order valence-corrected chi connectivity index (χ0v) is 3.23. The second-order valence-electron chi connectivity index (χ2n) is 0.749. The minimum absolute atomic E-state index is 0.556. The lowest BCUT2D eigenvalue weighted by atomic mass is 11.1. The van der Waals surface area contributed by atoms with Crippen molar-refractivity contribution >= 4 is 0 Å². The predicted octanol–water partition coefficient (Wildman–Crippen LogP) is -0.944. The van der Waals surface area contributed by atoms with E-state index in [2.05, 4.69) is 4.85 Å². The van der Waals surface area contributed by atoms with Crippen molar-refractivity contribution < 1.29 is 5.32 Å². The minimum Gasteiger partial charge on any atom is -0.282 e. The smallest absolute Gasteiger partial charge is 0.282 e. The van der Waals surface area contributed by atoms with Crippen molar-refractivity contribution in [3.8, 4) is 0 Å². The van der Waals surface area contributed by atoms with Crippen LogP contribution in [0.4, 0.5) is 0 Å². The number of hydrogen-bond acceptors (Lipinski definition) is 0. The molecule has 0 amide bonds. The summed E-state index contributed by atoms with van der Waals surface area (Å²) in [6.45, 7) is 6.75. The van der Waals surface area contributed by atoms with Gasteiger partial charge >= 0.3 is 6.67 Å². The van der Waals surface area contributed by atoms with E-state index in [1.54, 1.807) is 0 Å². The fraction of sp³-hybridized carbons (Fsp3) is 0.667. The van der Waals surface area contributed by atoms with Crippen molar-refractivity contribution in [1.29, 1.82) is 0 Å². The SMILES string of the molecule is [C-]#[N+]C[NH2+]C. The molecule has 0 aliphatic heterocycles. The molecule has 0 unspecified atom stereocenters. The van der Waals surface area contributed by atoms with E-state index in [1.807, 2.05) is 12.4 Å². The summed E-state index contributed by atoms with van der Waals surface area (Å²) in [5.41, 5.74) is 0. The fourth-order valence-electron chi connectivity index (χ4n) is 0.0913. The molecule has 0 aromatic rings. The van der Waals surface area contributed by atoms with Crippen molar-refractivity contribution in [2.24, 2.45) is 0 Å². The Bertz CT molecular complexity index is 43.3. The number of hydrogen-bond donors (Lipinski definition) is 1. The summed E-state index contributed by atoms with van der Waals surface area (Å²) in [5.74, 6) is 0. The molecule has 0 atom stereocenters. The summed E-state index contributed by atoms with van der Waals surface area (Å²) in [6, 6.07) is 0. The second kappa shape index (κ2) is 3.45. The van der Waals surface area contributed by atoms with Crippen LogP contribution in [-0.4, -0.2) is 13.7 Å². The molecule has 0 bridgehead atoms. The van der Waals surface area contributed by atoms with Crippen LogP contribution in [0.15, 0.2) is 0 Å². The maximum absolute atomic E-state index is 6.20. The first-order valence-corrected chi connectivity index (χ1v) is 1.53. The van der Waals surface area contributed by atoms with Crippen LogP contribution in [0.1, 0.15) is 0 Å². The van der Waals surface area contributed by atoms with Gasteiger partial charge < -0.3 is 0 Å². The molecular formula is C3H7N2+. The molecule has 0 aromatic carbocycles. The Balaban J connectivity index is 2.48. The largest absolute Gasteiger partial charge is 0.336 e. The third-order valence-corrected chi connectivity index (χ3v) is 0.274. The summed E-state index contributed by atoms with van der Waals surface area (Å²) in [7, 11) is 1.87. The average molecular weight is 71.1 g/mol. The van der Waals surface area contributed by atoms with E-state index in [9.17, 15) is 0 Å². The molecule has 0 spiro atoms. The number of quaternary nitrogens is 1. The molecule has 5 heavy (non-hydrogen) atoms. The van der Waals surface area contributed by atoms with E-state index in [-0.39, 0.29) is 0 Å². The number of rotatable bonds is 1. The maximum atomic E-state index is 6.20. The molecule has 28 valence electrons. The Morgan fingerprint density at radius 3 is 2.60 bits per heavy atom. The topological polar surface area (TPSA) is 21.0 Å². The summed E-state index contributed by atoms with van der Waals surface area (Å²) < 4.78 is 0. The highest BCUT2D eigenvalue weighted by atomic mass is 14.9. The summed E-state index contributed by atoms with van der Waals surface area (Å²) in [5, 5.41) is 1.83. The fourth-order valence-corrected chi connectivity index (χ4v) is 0.0913. The quantitative estimate of drug-likeness (QED) is 0.385. The Kier molecular flexibility index (Phi) is 3.07. The van der Waals surface area contributed by atoms with Gasteiger partial charge in [-0.15, -0.1) is 0 Å². The van der Waals surface area contributed by atoms with E-state index in [4.69, 9.17) is 6.57 Å². The van der Waals surface area contributed by atoms with Crippen LogP contribution in [0.2, 0.25) is 0 Å². The van der Waals surface area contributed by atoms with Gasteiger partial charge in [0.1, 0.15) is 0 Å². The Labute approximate surface area is 31.6 Å². The van der Waals surface area contributed by atoms with Gasteiger partial charge in [0.2, 0.25) is 0 Å². The van der Waals surface area contributed by atoms with Gasteiger partial charge in [0.05, 0.1) is 7.05 Å². The molecule has 0 saturated heterocycles. The average Bonchev–Trinajstić information content (AvgIpc) is 1.41. The van der Waals surface area contributed by atoms with Crippen molar-refractivity contribution in [3.63, 3.8) is 0 Å². The maximum Gasteiger partial charge on any atom is 0.336 e. The van der Waals surface area contributed by atoms with E-state index in [0.29, 0.717) is 6.67 Å². The summed E-state index contributed by atoms with van der Waals surface area (Å²) in [4.78, 5) is 3.05. The molecule has 2 N–H and O–H groups in total. The zero-order chi connectivity index (χ0) is 4.12. The summed E-state index contributed by atoms with van der Waals surface area (Å²) >= 11 is 0. The molecule has 0 aliphatic rings. The summed E-state index contributed by atoms with van der Waals surface area (Å²) in [6.07, 6.45) is 0. The third-order valence-electron chi connectivity index (χ3n) is 0.274. The zero-order valence-electron chi connectivity index (χ0n) is 3.23. The number of nitrogens with two attached hydrogens (primary N) is 1. The van der Waals surface area contributed by atoms with Crippen LogP contribution < -0.4 is 5.32 Å². The molecule has 0 saturated carbocycles. The van der Waals surface area contributed by atoms with Gasteiger partial charge in [-0.25, -0.2) is 6.57 Å². The Morgan fingerprint density at radius 2 is 2.60 bits per heavy atom. The van der Waals surface area contributed by atoms with Gasteiger partial charge in [-0.1, -0.05) is 0 Å². The molecule has 0 aromatic heterocycles. The Morgan fingerprint density at radius 1 is 2.00 bits per heavy atom. The van der Waals surface area contributed by atoms with E-state index < -0.39 is 0 Å². The van der Waals surface area contributed by atoms with Crippen molar-refractivity contribution in [2.75, 3.05) is 13.7 Å². The molecule has 0 aliphatic carbocycles. The van der Waals surface area contributed by atoms with Crippen molar-refractivity contribution in [1.82, 2.24) is 0 Å². The molecule has 0 radical (unpaired) electrons. The minimum atomic E-state index is 0.556. The van der Waals surface area contributed by atoms with Crippen LogP contribution in [0.3, 0.4) is 0 Å². The van der Waals surface area contributed by atoms with Crippen molar-refractivity contribution in [3.05, 3.63) is 11.4 Å². The standard InChI is InChI=1S/C3H6N2/c1-4-3-5-2/h4H,3H2,1H3/p+1. The first-order valence-electron chi connectivity index (χ1n) is 1.53. The third kappa shape index (κ3) is 3.45. The van der Waals surface area contributed by atoms with Gasteiger partial charge in [-0.3, -0.25) is 10.2 Å². The monoisotopic (exact) mass is 71.1 g/mol. The first kappa shape index (κ1) is 4.45. The molecule has 0 fully saturated rings. The van der Waals surface area contributed by atoms with Crippen LogP contribution in [0.25, 0.3) is 4.85 Å². The molecule has 0 rings (SSSR count). The first-order chi connectivity index (χ1) is 2.41. The highest BCUT2D eigenvalue weighted by molar-refractivity contribution is 4.38. The van der Waals surface area contributed by atoms with Crippen LogP contribution in [0, 0.1) is 6.57 Å². The van der Waals surface area contributed by atoms with Gasteiger partial charge in [-0.2, -0.15) is 0 Å². The van der Waals surface area contributed by atoms with Crippen LogP contribution in [-0.2, 0) is 0 Å². The van der Waals surface area contributed by atoms with Crippen molar-refractivity contribution in [2.45, 2.75) is 0 Å². The second-order valence-corrected chi connectivity index (χ2v) is 0.749. The predicted molar refractivity (Wildman–Crippen MR) is 19.3 cm³/mol. The normalized spacial score (nSPS) is 6.40. The lowest BCUT2D eigenvalue weighted by Crippen LogP contribution is -2.78. The van der Waals surface area contributed by atoms with Crippen LogP contribution >= 0.6 is 0 Å². The highest BCUT2D eigenvalue weighted by Gasteiger charge is 1.67. The molecule has 2 heteroatoms. The van der Waals surface area contributed by atoms with E-state index >= 15 is 0 Å². The highest BCUT2D eigenvalue weighted by Crippen LogP contribution is 1.38. The lowest BCUT2D eigenvalue weighted by Gasteiger charge is -1.69. The Hall–Kier alpha value is -0.550. The molecule has 0 heterocycles. The van der Waals surface area contributed by atoms with Gasteiger partial charge in [0.25, 0.3) is 0 Å². The van der Waals surface area contributed by atoms with E-state index in [1.165, 1.54) is 0 Å². The number of nitrogens with zero attached hydrogens (tertiary/aromatic N) is 1.